The summed E-state index contributed by atoms with van der Waals surface area (Å²) in [4.78, 5) is 9.78. The van der Waals surface area contributed by atoms with Crippen molar-refractivity contribution >= 4 is 6.47 Å². The molecule has 0 aliphatic heterocycles. The first-order valence-electron chi connectivity index (χ1n) is 4.32. The van der Waals surface area contributed by atoms with Crippen molar-refractivity contribution in [3.05, 3.63) is 24.3 Å². The highest BCUT2D eigenvalue weighted by Gasteiger charge is 2.03. The van der Waals surface area contributed by atoms with Crippen LogP contribution in [0.1, 0.15) is 20.3 Å². The smallest absolute Gasteiger partial charge is 0.293 e. The van der Waals surface area contributed by atoms with Gasteiger partial charge in [-0.05, 0) is 6.42 Å². The highest BCUT2D eigenvalue weighted by molar-refractivity contribution is 5.37. The van der Waals surface area contributed by atoms with E-state index >= 15 is 0 Å². The van der Waals surface area contributed by atoms with Gasteiger partial charge < -0.3 is 4.74 Å². The van der Waals surface area contributed by atoms with Crippen molar-refractivity contribution in [1.29, 1.82) is 0 Å². The molecule has 1 rings (SSSR count). The molecule has 0 aromatic heterocycles. The van der Waals surface area contributed by atoms with Gasteiger partial charge in [0.1, 0.15) is 0 Å². The monoisotopic (exact) mass is 168 g/mol. The van der Waals surface area contributed by atoms with Gasteiger partial charge in [0.2, 0.25) is 0 Å². The zero-order valence-electron chi connectivity index (χ0n) is 7.69. The lowest BCUT2D eigenvalue weighted by Gasteiger charge is -2.09. The molecule has 0 aromatic rings. The summed E-state index contributed by atoms with van der Waals surface area (Å²) in [6.07, 6.45) is 9.06. The molecule has 0 bridgehead atoms. The summed E-state index contributed by atoms with van der Waals surface area (Å²) in [6.45, 7) is 5.00. The third kappa shape index (κ3) is 4.72. The number of hydrogen-bond donors (Lipinski definition) is 0. The number of ether oxygens (including phenoxy) is 1. The third-order valence-electron chi connectivity index (χ3n) is 1.45. The van der Waals surface area contributed by atoms with Gasteiger partial charge in [-0.15, -0.1) is 0 Å². The Bertz CT molecular complexity index is 159. The van der Waals surface area contributed by atoms with E-state index in [0.717, 1.165) is 6.42 Å². The van der Waals surface area contributed by atoms with Crippen LogP contribution >= 0.6 is 0 Å². The maximum atomic E-state index is 9.78. The lowest BCUT2D eigenvalue weighted by atomic mass is 10.0. The van der Waals surface area contributed by atoms with Gasteiger partial charge in [0, 0.05) is 5.92 Å². The van der Waals surface area contributed by atoms with Gasteiger partial charge in [-0.3, -0.25) is 4.79 Å². The number of carbonyl (C=O) groups is 1. The van der Waals surface area contributed by atoms with E-state index in [9.17, 15) is 4.79 Å². The maximum Gasteiger partial charge on any atom is 0.293 e. The average Bonchev–Trinajstić information content (AvgIpc) is 2.19. The van der Waals surface area contributed by atoms with Crippen molar-refractivity contribution in [2.45, 2.75) is 20.3 Å². The molecule has 0 amide bonds. The predicted octanol–water partition coefficient (Wildman–Crippen LogP) is 2.32. The molecule has 2 nitrogen and oxygen atoms in total. The van der Waals surface area contributed by atoms with Crippen molar-refractivity contribution in [1.82, 2.24) is 0 Å². The second-order valence-electron chi connectivity index (χ2n) is 2.24. The van der Waals surface area contributed by atoms with E-state index in [4.69, 9.17) is 0 Å². The Hall–Kier alpha value is -1.05. The Balaban J connectivity index is 0.000000561. The molecule has 0 aromatic carbocycles. The molecule has 68 valence electrons. The fraction of sp³-hybridized carbons (Fsp3) is 0.500. The summed E-state index contributed by atoms with van der Waals surface area (Å²) in [6, 6.07) is 0. The Morgan fingerprint density at radius 3 is 2.75 bits per heavy atom. The topological polar surface area (TPSA) is 26.3 Å². The van der Waals surface area contributed by atoms with Crippen LogP contribution < -0.4 is 0 Å². The molecule has 1 unspecified atom stereocenters. The van der Waals surface area contributed by atoms with E-state index in [0.29, 0.717) is 19.0 Å². The molecule has 1 aliphatic carbocycles. The van der Waals surface area contributed by atoms with Crippen LogP contribution in [0.25, 0.3) is 0 Å². The minimum absolute atomic E-state index is 0.384. The Kier molecular flexibility index (Phi) is 7.35. The van der Waals surface area contributed by atoms with Crippen LogP contribution in [0, 0.1) is 5.92 Å². The molecular weight excluding hydrogens is 152 g/mol. The first kappa shape index (κ1) is 11.0. The van der Waals surface area contributed by atoms with Gasteiger partial charge in [0.15, 0.2) is 0 Å². The van der Waals surface area contributed by atoms with Crippen LogP contribution in [-0.2, 0) is 9.53 Å². The quantitative estimate of drug-likeness (QED) is 0.604. The highest BCUT2D eigenvalue weighted by Crippen LogP contribution is 2.10. The number of carbonyl (C=O) groups excluding carboxylic acids is 1. The summed E-state index contributed by atoms with van der Waals surface area (Å²) in [5.74, 6) is 0.384. The normalized spacial score (nSPS) is 19.3. The fourth-order valence-electron chi connectivity index (χ4n) is 0.918. The molecule has 1 aliphatic rings. The van der Waals surface area contributed by atoms with Gasteiger partial charge in [-0.25, -0.2) is 0 Å². The lowest BCUT2D eigenvalue weighted by molar-refractivity contribution is -0.129. The molecular formula is C10H16O2. The predicted molar refractivity (Wildman–Crippen MR) is 49.8 cm³/mol. The first-order chi connectivity index (χ1) is 5.93. The van der Waals surface area contributed by atoms with Crippen molar-refractivity contribution in [2.75, 3.05) is 6.61 Å². The van der Waals surface area contributed by atoms with E-state index in [2.05, 4.69) is 10.8 Å². The SMILES string of the molecule is CC.O=COCC1C=CC=CC1. The molecule has 0 N–H and O–H groups in total. The Morgan fingerprint density at radius 1 is 1.50 bits per heavy atom. The van der Waals surface area contributed by atoms with Crippen LogP contribution in [0.2, 0.25) is 0 Å². The lowest BCUT2D eigenvalue weighted by Crippen LogP contribution is -2.06. The van der Waals surface area contributed by atoms with E-state index in [1.54, 1.807) is 0 Å². The van der Waals surface area contributed by atoms with Crippen molar-refractivity contribution < 1.29 is 9.53 Å². The first-order valence-corrected chi connectivity index (χ1v) is 4.32. The number of hydrogen-bond acceptors (Lipinski definition) is 2. The van der Waals surface area contributed by atoms with E-state index in [1.165, 1.54) is 0 Å². The van der Waals surface area contributed by atoms with Crippen molar-refractivity contribution in [2.24, 2.45) is 5.92 Å². The van der Waals surface area contributed by atoms with Crippen LogP contribution in [-0.4, -0.2) is 13.1 Å². The van der Waals surface area contributed by atoms with Crippen LogP contribution in [0.15, 0.2) is 24.3 Å². The van der Waals surface area contributed by atoms with E-state index in [-0.39, 0.29) is 0 Å². The van der Waals surface area contributed by atoms with Crippen LogP contribution in [0.3, 0.4) is 0 Å². The van der Waals surface area contributed by atoms with Gasteiger partial charge >= 0.3 is 0 Å². The second-order valence-corrected chi connectivity index (χ2v) is 2.24. The maximum absolute atomic E-state index is 9.78. The van der Waals surface area contributed by atoms with Gasteiger partial charge in [0.05, 0.1) is 6.61 Å². The summed E-state index contributed by atoms with van der Waals surface area (Å²) in [7, 11) is 0. The molecule has 0 radical (unpaired) electrons. The summed E-state index contributed by atoms with van der Waals surface area (Å²) >= 11 is 0. The van der Waals surface area contributed by atoms with E-state index in [1.807, 2.05) is 32.1 Å². The van der Waals surface area contributed by atoms with E-state index < -0.39 is 0 Å². The summed E-state index contributed by atoms with van der Waals surface area (Å²) < 4.78 is 4.61. The van der Waals surface area contributed by atoms with Gasteiger partial charge in [-0.2, -0.15) is 0 Å². The van der Waals surface area contributed by atoms with Gasteiger partial charge in [-0.1, -0.05) is 38.2 Å². The molecule has 0 saturated heterocycles. The average molecular weight is 168 g/mol. The molecule has 0 spiro atoms. The minimum Gasteiger partial charge on any atom is -0.467 e. The Morgan fingerprint density at radius 2 is 2.25 bits per heavy atom. The fourth-order valence-corrected chi connectivity index (χ4v) is 0.918. The number of rotatable bonds is 3. The van der Waals surface area contributed by atoms with Crippen molar-refractivity contribution in [3.8, 4) is 0 Å². The molecule has 0 heterocycles. The largest absolute Gasteiger partial charge is 0.467 e. The summed E-state index contributed by atoms with van der Waals surface area (Å²) in [5.41, 5.74) is 0. The molecule has 2 heteroatoms. The zero-order chi connectivity index (χ0) is 9.23. The Labute approximate surface area is 73.9 Å². The summed E-state index contributed by atoms with van der Waals surface area (Å²) in [5, 5.41) is 0. The van der Waals surface area contributed by atoms with Crippen molar-refractivity contribution in [3.63, 3.8) is 0 Å². The molecule has 0 fully saturated rings. The molecule has 1 atom stereocenters. The highest BCUT2D eigenvalue weighted by atomic mass is 16.5. The minimum atomic E-state index is 0.384. The standard InChI is InChI=1S/C8H10O2.C2H6/c9-7-10-6-8-4-2-1-3-5-8;1-2/h1-4,7-8H,5-6H2;1-2H3. The number of allylic oxidation sites excluding steroid dienone is 3. The van der Waals surface area contributed by atoms with Gasteiger partial charge in [0.25, 0.3) is 6.47 Å². The second kappa shape index (κ2) is 8.05. The van der Waals surface area contributed by atoms with Crippen LogP contribution in [0.4, 0.5) is 0 Å². The third-order valence-corrected chi connectivity index (χ3v) is 1.45. The molecule has 0 saturated carbocycles. The molecule has 12 heavy (non-hydrogen) atoms. The van der Waals surface area contributed by atoms with Crippen LogP contribution in [0.5, 0.6) is 0 Å². The zero-order valence-corrected chi connectivity index (χ0v) is 7.69.